The molecule has 2 unspecified atom stereocenters. The van der Waals surface area contributed by atoms with E-state index in [-0.39, 0.29) is 4.90 Å². The second kappa shape index (κ2) is 6.68. The molecule has 2 aromatic carbocycles. The molecule has 0 heterocycles. The summed E-state index contributed by atoms with van der Waals surface area (Å²) in [7, 11) is 0. The first-order valence-electron chi connectivity index (χ1n) is 6.57. The van der Waals surface area contributed by atoms with Gasteiger partial charge in [0.15, 0.2) is 0 Å². The molecule has 0 aliphatic heterocycles. The molecule has 2 rings (SSSR count). The molecule has 0 amide bonds. The molecule has 0 bridgehead atoms. The van der Waals surface area contributed by atoms with Crippen LogP contribution in [0.1, 0.15) is 31.7 Å². The fourth-order valence-electron chi connectivity index (χ4n) is 1.85. The van der Waals surface area contributed by atoms with Gasteiger partial charge in [0.1, 0.15) is 11.5 Å². The standard InChI is InChI=1S/C16H18O3S/c1-3-12(2)13-4-6-14(7-5-13)19-15-8-10-16(11-9-15)20(17)18/h4-12H,3H2,1-2H3,(H,17,18)/p-1. The summed E-state index contributed by atoms with van der Waals surface area (Å²) < 4.78 is 27.2. The Morgan fingerprint density at radius 2 is 1.55 bits per heavy atom. The van der Waals surface area contributed by atoms with Crippen LogP contribution in [0.2, 0.25) is 0 Å². The van der Waals surface area contributed by atoms with Crippen molar-refractivity contribution in [2.45, 2.75) is 31.1 Å². The van der Waals surface area contributed by atoms with Gasteiger partial charge in [-0.25, -0.2) is 0 Å². The fourth-order valence-corrected chi connectivity index (χ4v) is 2.21. The molecule has 0 N–H and O–H groups in total. The maximum Gasteiger partial charge on any atom is 0.127 e. The van der Waals surface area contributed by atoms with E-state index in [0.717, 1.165) is 12.2 Å². The van der Waals surface area contributed by atoms with Crippen LogP contribution < -0.4 is 4.74 Å². The van der Waals surface area contributed by atoms with Gasteiger partial charge < -0.3 is 9.29 Å². The highest BCUT2D eigenvalue weighted by atomic mass is 32.2. The first-order chi connectivity index (χ1) is 9.60. The van der Waals surface area contributed by atoms with E-state index in [9.17, 15) is 8.76 Å². The van der Waals surface area contributed by atoms with Crippen molar-refractivity contribution in [1.29, 1.82) is 0 Å². The third-order valence-corrected chi connectivity index (χ3v) is 3.97. The van der Waals surface area contributed by atoms with Gasteiger partial charge in [0.25, 0.3) is 0 Å². The monoisotopic (exact) mass is 289 g/mol. The molecule has 0 saturated heterocycles. The third-order valence-electron chi connectivity index (χ3n) is 3.31. The van der Waals surface area contributed by atoms with Crippen molar-refractivity contribution in [3.05, 3.63) is 54.1 Å². The molecule has 2 aromatic rings. The largest absolute Gasteiger partial charge is 0.768 e. The normalized spacial score (nSPS) is 13.8. The van der Waals surface area contributed by atoms with E-state index >= 15 is 0 Å². The highest BCUT2D eigenvalue weighted by molar-refractivity contribution is 7.79. The van der Waals surface area contributed by atoms with E-state index in [1.807, 2.05) is 12.1 Å². The number of benzene rings is 2. The first-order valence-corrected chi connectivity index (χ1v) is 7.64. The fraction of sp³-hybridized carbons (Fsp3) is 0.250. The van der Waals surface area contributed by atoms with Crippen molar-refractivity contribution < 1.29 is 13.5 Å². The van der Waals surface area contributed by atoms with Crippen molar-refractivity contribution in [3.8, 4) is 11.5 Å². The van der Waals surface area contributed by atoms with Crippen molar-refractivity contribution in [2.24, 2.45) is 0 Å². The predicted molar refractivity (Wildman–Crippen MR) is 78.8 cm³/mol. The topological polar surface area (TPSA) is 49.4 Å². The average Bonchev–Trinajstić information content (AvgIpc) is 2.48. The van der Waals surface area contributed by atoms with Gasteiger partial charge in [-0.2, -0.15) is 0 Å². The minimum absolute atomic E-state index is 0.254. The minimum Gasteiger partial charge on any atom is -0.768 e. The lowest BCUT2D eigenvalue weighted by Crippen LogP contribution is -1.92. The Hall–Kier alpha value is -1.65. The Kier molecular flexibility index (Phi) is 4.93. The van der Waals surface area contributed by atoms with Crippen LogP contribution >= 0.6 is 0 Å². The molecule has 0 aliphatic rings. The lowest BCUT2D eigenvalue weighted by Gasteiger charge is -2.11. The first kappa shape index (κ1) is 14.8. The van der Waals surface area contributed by atoms with E-state index in [0.29, 0.717) is 11.7 Å². The molecule has 0 aliphatic carbocycles. The number of hydrogen-bond acceptors (Lipinski definition) is 3. The second-order valence-corrected chi connectivity index (χ2v) is 5.63. The summed E-state index contributed by atoms with van der Waals surface area (Å²) in [4.78, 5) is 0.254. The lowest BCUT2D eigenvalue weighted by atomic mass is 9.99. The predicted octanol–water partition coefficient (Wildman–Crippen LogP) is 4.23. The smallest absolute Gasteiger partial charge is 0.127 e. The summed E-state index contributed by atoms with van der Waals surface area (Å²) in [6.07, 6.45) is 1.11. The van der Waals surface area contributed by atoms with Crippen LogP contribution in [0.4, 0.5) is 0 Å². The zero-order valence-electron chi connectivity index (χ0n) is 11.5. The maximum atomic E-state index is 10.8. The third kappa shape index (κ3) is 3.68. The lowest BCUT2D eigenvalue weighted by molar-refractivity contribution is 0.481. The minimum atomic E-state index is -2.20. The van der Waals surface area contributed by atoms with Crippen LogP contribution in [-0.2, 0) is 11.1 Å². The quantitative estimate of drug-likeness (QED) is 0.774. The molecule has 3 nitrogen and oxygen atoms in total. The number of ether oxygens (including phenoxy) is 1. The highest BCUT2D eigenvalue weighted by Crippen LogP contribution is 2.25. The molecule has 0 spiro atoms. The van der Waals surface area contributed by atoms with E-state index in [2.05, 4.69) is 26.0 Å². The average molecular weight is 289 g/mol. The molecule has 0 aromatic heterocycles. The van der Waals surface area contributed by atoms with Crippen molar-refractivity contribution in [2.75, 3.05) is 0 Å². The zero-order valence-corrected chi connectivity index (χ0v) is 12.4. The second-order valence-electron chi connectivity index (χ2n) is 4.69. The Morgan fingerprint density at radius 1 is 1.05 bits per heavy atom. The van der Waals surface area contributed by atoms with Gasteiger partial charge in [-0.05, 0) is 65.4 Å². The van der Waals surface area contributed by atoms with Crippen LogP contribution in [-0.4, -0.2) is 8.76 Å². The molecule has 2 atom stereocenters. The highest BCUT2D eigenvalue weighted by Gasteiger charge is 2.03. The van der Waals surface area contributed by atoms with Gasteiger partial charge in [0.2, 0.25) is 0 Å². The SMILES string of the molecule is CCC(C)c1ccc(Oc2ccc(S(=O)[O-])cc2)cc1. The zero-order chi connectivity index (χ0) is 14.5. The van der Waals surface area contributed by atoms with Crippen molar-refractivity contribution in [3.63, 3.8) is 0 Å². The van der Waals surface area contributed by atoms with Gasteiger partial charge in [0.05, 0.1) is 0 Å². The van der Waals surface area contributed by atoms with Crippen molar-refractivity contribution >= 4 is 11.1 Å². The van der Waals surface area contributed by atoms with E-state index in [4.69, 9.17) is 4.74 Å². The van der Waals surface area contributed by atoms with Crippen LogP contribution in [0.3, 0.4) is 0 Å². The van der Waals surface area contributed by atoms with Crippen LogP contribution in [0.5, 0.6) is 11.5 Å². The molecule has 0 radical (unpaired) electrons. The Morgan fingerprint density at radius 3 is 2.00 bits per heavy atom. The number of rotatable bonds is 5. The van der Waals surface area contributed by atoms with Gasteiger partial charge in [-0.3, -0.25) is 4.21 Å². The van der Waals surface area contributed by atoms with E-state index in [1.54, 1.807) is 12.1 Å². The molecule has 0 fully saturated rings. The van der Waals surface area contributed by atoms with Crippen molar-refractivity contribution in [1.82, 2.24) is 0 Å². The summed E-state index contributed by atoms with van der Waals surface area (Å²) in [6.45, 7) is 4.36. The molecular formula is C16H17O3S-. The molecule has 0 saturated carbocycles. The summed E-state index contributed by atoms with van der Waals surface area (Å²) in [5.74, 6) is 1.90. The van der Waals surface area contributed by atoms with Gasteiger partial charge in [-0.15, -0.1) is 0 Å². The van der Waals surface area contributed by atoms with Gasteiger partial charge >= 0.3 is 0 Å². The van der Waals surface area contributed by atoms with Gasteiger partial charge in [0, 0.05) is 4.90 Å². The Balaban J connectivity index is 2.08. The summed E-state index contributed by atoms with van der Waals surface area (Å²) >= 11 is -2.20. The molecular weight excluding hydrogens is 272 g/mol. The van der Waals surface area contributed by atoms with E-state index < -0.39 is 11.1 Å². The summed E-state index contributed by atoms with van der Waals surface area (Å²) in [6, 6.07) is 14.3. The summed E-state index contributed by atoms with van der Waals surface area (Å²) in [5, 5.41) is 0. The Labute approximate surface area is 121 Å². The molecule has 4 heteroatoms. The maximum absolute atomic E-state index is 10.8. The van der Waals surface area contributed by atoms with Gasteiger partial charge in [-0.1, -0.05) is 26.0 Å². The molecule has 106 valence electrons. The summed E-state index contributed by atoms with van der Waals surface area (Å²) in [5.41, 5.74) is 1.29. The van der Waals surface area contributed by atoms with E-state index in [1.165, 1.54) is 17.7 Å². The Bertz CT molecular complexity index is 576. The van der Waals surface area contributed by atoms with Crippen LogP contribution in [0, 0.1) is 0 Å². The van der Waals surface area contributed by atoms with Crippen LogP contribution in [0.25, 0.3) is 0 Å². The number of hydrogen-bond donors (Lipinski definition) is 0. The van der Waals surface area contributed by atoms with Crippen LogP contribution in [0.15, 0.2) is 53.4 Å². The molecule has 20 heavy (non-hydrogen) atoms.